The SMILES string of the molecule is C=CC(C)(O)CC/C=C(\C)C/C=C/C(C)C. The van der Waals surface area contributed by atoms with E-state index in [-0.39, 0.29) is 0 Å². The summed E-state index contributed by atoms with van der Waals surface area (Å²) in [5.74, 6) is 0.620. The van der Waals surface area contributed by atoms with Gasteiger partial charge in [0.1, 0.15) is 0 Å². The molecule has 1 unspecified atom stereocenters. The third kappa shape index (κ3) is 8.49. The van der Waals surface area contributed by atoms with Crippen LogP contribution < -0.4 is 0 Å². The Bertz CT molecular complexity index is 257. The first-order valence-electron chi connectivity index (χ1n) is 6.05. The summed E-state index contributed by atoms with van der Waals surface area (Å²) < 4.78 is 0. The van der Waals surface area contributed by atoms with E-state index < -0.39 is 5.60 Å². The highest BCUT2D eigenvalue weighted by Crippen LogP contribution is 2.15. The molecule has 0 aromatic carbocycles. The zero-order chi connectivity index (χ0) is 12.6. The average Bonchev–Trinajstić information content (AvgIpc) is 2.17. The van der Waals surface area contributed by atoms with Gasteiger partial charge in [-0.05, 0) is 39.0 Å². The molecule has 0 saturated carbocycles. The zero-order valence-corrected chi connectivity index (χ0v) is 11.2. The van der Waals surface area contributed by atoms with Gasteiger partial charge in [-0.2, -0.15) is 0 Å². The van der Waals surface area contributed by atoms with E-state index in [9.17, 15) is 5.11 Å². The van der Waals surface area contributed by atoms with E-state index in [1.54, 1.807) is 13.0 Å². The smallest absolute Gasteiger partial charge is 0.0800 e. The molecule has 0 spiro atoms. The second kappa shape index (κ2) is 7.45. The number of allylic oxidation sites excluding steroid dienone is 4. The molecule has 0 heterocycles. The van der Waals surface area contributed by atoms with Gasteiger partial charge in [0.05, 0.1) is 5.60 Å². The predicted molar refractivity (Wildman–Crippen MR) is 72.4 cm³/mol. The second-order valence-electron chi connectivity index (χ2n) is 5.03. The lowest BCUT2D eigenvalue weighted by Crippen LogP contribution is -2.19. The standard InChI is InChI=1S/C15H26O/c1-6-15(5,16)12-8-11-14(4)10-7-9-13(2)3/h6-7,9,11,13,16H,1,8,10,12H2,2-5H3/b9-7+,14-11+. The molecule has 16 heavy (non-hydrogen) atoms. The number of hydrogen-bond donors (Lipinski definition) is 1. The van der Waals surface area contributed by atoms with Gasteiger partial charge >= 0.3 is 0 Å². The first-order chi connectivity index (χ1) is 7.37. The zero-order valence-electron chi connectivity index (χ0n) is 11.2. The first kappa shape index (κ1) is 15.2. The van der Waals surface area contributed by atoms with E-state index in [2.05, 4.69) is 45.6 Å². The van der Waals surface area contributed by atoms with Crippen LogP contribution in [0.3, 0.4) is 0 Å². The van der Waals surface area contributed by atoms with E-state index in [4.69, 9.17) is 0 Å². The van der Waals surface area contributed by atoms with Gasteiger partial charge in [0.25, 0.3) is 0 Å². The van der Waals surface area contributed by atoms with Crippen LogP contribution in [0.4, 0.5) is 0 Å². The maximum atomic E-state index is 9.72. The Morgan fingerprint density at radius 1 is 1.44 bits per heavy atom. The maximum Gasteiger partial charge on any atom is 0.0800 e. The van der Waals surface area contributed by atoms with Gasteiger partial charge in [-0.25, -0.2) is 0 Å². The first-order valence-corrected chi connectivity index (χ1v) is 6.05. The van der Waals surface area contributed by atoms with Crippen LogP contribution in [-0.2, 0) is 0 Å². The summed E-state index contributed by atoms with van der Waals surface area (Å²) in [6, 6.07) is 0. The lowest BCUT2D eigenvalue weighted by molar-refractivity contribution is 0.103. The van der Waals surface area contributed by atoms with Gasteiger partial charge in [0, 0.05) is 0 Å². The molecule has 0 aliphatic heterocycles. The van der Waals surface area contributed by atoms with Crippen LogP contribution >= 0.6 is 0 Å². The van der Waals surface area contributed by atoms with Gasteiger partial charge in [0.15, 0.2) is 0 Å². The lowest BCUT2D eigenvalue weighted by atomic mass is 9.99. The van der Waals surface area contributed by atoms with Crippen LogP contribution in [0.15, 0.2) is 36.5 Å². The van der Waals surface area contributed by atoms with Crippen molar-refractivity contribution in [2.75, 3.05) is 0 Å². The van der Waals surface area contributed by atoms with Crippen LogP contribution in [0.1, 0.15) is 47.0 Å². The third-order valence-corrected chi connectivity index (χ3v) is 2.54. The lowest BCUT2D eigenvalue weighted by Gasteiger charge is -2.16. The Morgan fingerprint density at radius 2 is 2.06 bits per heavy atom. The van der Waals surface area contributed by atoms with E-state index >= 15 is 0 Å². The minimum atomic E-state index is -0.732. The van der Waals surface area contributed by atoms with Gasteiger partial charge in [-0.3, -0.25) is 0 Å². The Balaban J connectivity index is 3.92. The van der Waals surface area contributed by atoms with Crippen LogP contribution in [-0.4, -0.2) is 10.7 Å². The summed E-state index contributed by atoms with van der Waals surface area (Å²) in [5.41, 5.74) is 0.627. The van der Waals surface area contributed by atoms with Crippen LogP contribution in [0.25, 0.3) is 0 Å². The minimum Gasteiger partial charge on any atom is -0.386 e. The van der Waals surface area contributed by atoms with Crippen molar-refractivity contribution in [3.8, 4) is 0 Å². The average molecular weight is 222 g/mol. The van der Waals surface area contributed by atoms with Crippen molar-refractivity contribution in [3.63, 3.8) is 0 Å². The molecule has 1 atom stereocenters. The molecule has 0 aliphatic carbocycles. The number of hydrogen-bond acceptors (Lipinski definition) is 1. The highest BCUT2D eigenvalue weighted by molar-refractivity contribution is 5.06. The summed E-state index contributed by atoms with van der Waals surface area (Å²) in [6.07, 6.45) is 10.9. The summed E-state index contributed by atoms with van der Waals surface area (Å²) in [4.78, 5) is 0. The van der Waals surface area contributed by atoms with Crippen molar-refractivity contribution < 1.29 is 5.11 Å². The fourth-order valence-corrected chi connectivity index (χ4v) is 1.32. The summed E-state index contributed by atoms with van der Waals surface area (Å²) >= 11 is 0. The molecule has 92 valence electrons. The highest BCUT2D eigenvalue weighted by atomic mass is 16.3. The fourth-order valence-electron chi connectivity index (χ4n) is 1.32. The molecule has 1 heteroatoms. The second-order valence-corrected chi connectivity index (χ2v) is 5.03. The number of rotatable bonds is 7. The van der Waals surface area contributed by atoms with Gasteiger partial charge in [-0.15, -0.1) is 6.58 Å². The Kier molecular flexibility index (Phi) is 7.07. The van der Waals surface area contributed by atoms with E-state index in [1.807, 2.05) is 0 Å². The molecule has 0 aromatic rings. The van der Waals surface area contributed by atoms with E-state index in [0.717, 1.165) is 19.3 Å². The maximum absolute atomic E-state index is 9.72. The van der Waals surface area contributed by atoms with Crippen molar-refractivity contribution in [2.24, 2.45) is 5.92 Å². The third-order valence-electron chi connectivity index (χ3n) is 2.54. The molecule has 1 nitrogen and oxygen atoms in total. The molecular weight excluding hydrogens is 196 g/mol. The predicted octanol–water partition coefficient (Wildman–Crippen LogP) is 4.25. The van der Waals surface area contributed by atoms with Gasteiger partial charge in [-0.1, -0.05) is 43.7 Å². The summed E-state index contributed by atoms with van der Waals surface area (Å²) in [6.45, 7) is 11.9. The van der Waals surface area contributed by atoms with Crippen molar-refractivity contribution in [1.82, 2.24) is 0 Å². The minimum absolute atomic E-state index is 0.620. The Hall–Kier alpha value is -0.820. The van der Waals surface area contributed by atoms with Crippen molar-refractivity contribution in [1.29, 1.82) is 0 Å². The van der Waals surface area contributed by atoms with Crippen molar-refractivity contribution >= 4 is 0 Å². The van der Waals surface area contributed by atoms with Gasteiger partial charge < -0.3 is 5.11 Å². The quantitative estimate of drug-likeness (QED) is 0.638. The van der Waals surface area contributed by atoms with Crippen LogP contribution in [0.5, 0.6) is 0 Å². The molecule has 0 fully saturated rings. The van der Waals surface area contributed by atoms with Gasteiger partial charge in [0.2, 0.25) is 0 Å². The largest absolute Gasteiger partial charge is 0.386 e. The number of aliphatic hydroxyl groups is 1. The monoisotopic (exact) mass is 222 g/mol. The highest BCUT2D eigenvalue weighted by Gasteiger charge is 2.12. The van der Waals surface area contributed by atoms with Crippen LogP contribution in [0, 0.1) is 5.92 Å². The Morgan fingerprint density at radius 3 is 2.56 bits per heavy atom. The summed E-state index contributed by atoms with van der Waals surface area (Å²) in [7, 11) is 0. The molecule has 0 radical (unpaired) electrons. The summed E-state index contributed by atoms with van der Waals surface area (Å²) in [5, 5.41) is 9.72. The molecule has 0 bridgehead atoms. The molecule has 1 N–H and O–H groups in total. The Labute approximate surface area is 101 Å². The normalized spacial score (nSPS) is 16.8. The van der Waals surface area contributed by atoms with Crippen molar-refractivity contribution in [2.45, 2.75) is 52.6 Å². The molecule has 0 aromatic heterocycles. The molecule has 0 saturated heterocycles. The fraction of sp³-hybridized carbons (Fsp3) is 0.600. The van der Waals surface area contributed by atoms with Crippen molar-refractivity contribution in [3.05, 3.63) is 36.5 Å². The molecule has 0 amide bonds. The molecule has 0 aliphatic rings. The van der Waals surface area contributed by atoms with E-state index in [0.29, 0.717) is 5.92 Å². The molecular formula is C15H26O. The van der Waals surface area contributed by atoms with Crippen LogP contribution in [0.2, 0.25) is 0 Å². The topological polar surface area (TPSA) is 20.2 Å². The molecule has 0 rings (SSSR count). The van der Waals surface area contributed by atoms with E-state index in [1.165, 1.54) is 5.57 Å².